The summed E-state index contributed by atoms with van der Waals surface area (Å²) in [6.45, 7) is 5.20. The molecule has 1 saturated carbocycles. The largest absolute Gasteiger partial charge is 0.304 e. The predicted molar refractivity (Wildman–Crippen MR) is 93.9 cm³/mol. The fraction of sp³-hybridized carbons (Fsp3) is 0.444. The van der Waals surface area contributed by atoms with Gasteiger partial charge in [0.05, 0.1) is 11.4 Å². The Labute approximate surface area is 140 Å². The van der Waals surface area contributed by atoms with Gasteiger partial charge in [0, 0.05) is 42.0 Å². The maximum atomic E-state index is 4.75. The highest BCUT2D eigenvalue weighted by Crippen LogP contribution is 2.42. The van der Waals surface area contributed by atoms with Gasteiger partial charge in [-0.2, -0.15) is 0 Å². The molecule has 0 aromatic carbocycles. The summed E-state index contributed by atoms with van der Waals surface area (Å²) in [5.74, 6) is 0.748. The number of hydrogen-bond donors (Lipinski definition) is 1. The van der Waals surface area contributed by atoms with Gasteiger partial charge in [-0.15, -0.1) is 11.3 Å². The van der Waals surface area contributed by atoms with Crippen LogP contribution in [0.1, 0.15) is 60.8 Å². The van der Waals surface area contributed by atoms with Crippen LogP contribution in [0.4, 0.5) is 0 Å². The van der Waals surface area contributed by atoms with Gasteiger partial charge in [-0.05, 0) is 43.9 Å². The van der Waals surface area contributed by atoms with Crippen molar-refractivity contribution in [3.8, 4) is 0 Å². The number of aryl methyl sites for hydroxylation is 1. The lowest BCUT2D eigenvalue weighted by atomic mass is 10.1. The number of rotatable bonds is 6. The van der Waals surface area contributed by atoms with Gasteiger partial charge in [0.1, 0.15) is 0 Å². The van der Waals surface area contributed by atoms with Gasteiger partial charge in [0.15, 0.2) is 4.96 Å². The number of aromatic nitrogens is 3. The molecule has 1 fully saturated rings. The molecule has 3 aromatic heterocycles. The summed E-state index contributed by atoms with van der Waals surface area (Å²) in [6.07, 6.45) is 7.44. The lowest BCUT2D eigenvalue weighted by Gasteiger charge is -2.17. The minimum Gasteiger partial charge on any atom is -0.304 e. The molecule has 4 rings (SSSR count). The van der Waals surface area contributed by atoms with Crippen LogP contribution >= 0.6 is 11.3 Å². The van der Waals surface area contributed by atoms with Crippen molar-refractivity contribution in [2.45, 2.75) is 51.6 Å². The van der Waals surface area contributed by atoms with Gasteiger partial charge >= 0.3 is 0 Å². The highest BCUT2D eigenvalue weighted by Gasteiger charge is 2.28. The Morgan fingerprint density at radius 1 is 1.35 bits per heavy atom. The average Bonchev–Trinajstić information content (AvgIpc) is 3.27. The summed E-state index contributed by atoms with van der Waals surface area (Å²) in [5, 5.41) is 6.01. The van der Waals surface area contributed by atoms with E-state index in [-0.39, 0.29) is 0 Å². The third kappa shape index (κ3) is 2.79. The second kappa shape index (κ2) is 6.06. The van der Waals surface area contributed by atoms with Crippen molar-refractivity contribution in [3.05, 3.63) is 52.6 Å². The topological polar surface area (TPSA) is 42.2 Å². The highest BCUT2D eigenvalue weighted by molar-refractivity contribution is 7.15. The zero-order valence-electron chi connectivity index (χ0n) is 13.6. The molecule has 1 unspecified atom stereocenters. The fourth-order valence-corrected chi connectivity index (χ4v) is 4.26. The second-order valence-electron chi connectivity index (χ2n) is 6.32. The maximum absolute atomic E-state index is 4.75. The van der Waals surface area contributed by atoms with Crippen LogP contribution in [-0.4, -0.2) is 14.4 Å². The summed E-state index contributed by atoms with van der Waals surface area (Å²) in [5.41, 5.74) is 5.22. The van der Waals surface area contributed by atoms with Crippen molar-refractivity contribution in [1.82, 2.24) is 19.7 Å². The zero-order chi connectivity index (χ0) is 15.8. The molecule has 0 spiro atoms. The van der Waals surface area contributed by atoms with Gasteiger partial charge in [0.25, 0.3) is 0 Å². The Morgan fingerprint density at radius 2 is 2.13 bits per heavy atom. The van der Waals surface area contributed by atoms with Gasteiger partial charge in [-0.1, -0.05) is 6.92 Å². The molecule has 3 aromatic rings. The second-order valence-corrected chi connectivity index (χ2v) is 7.16. The van der Waals surface area contributed by atoms with Crippen LogP contribution in [0.5, 0.6) is 0 Å². The Kier molecular flexibility index (Phi) is 3.91. The molecule has 120 valence electrons. The van der Waals surface area contributed by atoms with E-state index in [1.807, 2.05) is 12.4 Å². The molecule has 1 atom stereocenters. The number of nitrogens with one attached hydrogen (secondary N) is 1. The molecular weight excluding hydrogens is 304 g/mol. The quantitative estimate of drug-likeness (QED) is 0.737. The molecule has 1 aliphatic rings. The maximum Gasteiger partial charge on any atom is 0.194 e. The Balaban J connectivity index is 1.60. The monoisotopic (exact) mass is 326 g/mol. The average molecular weight is 326 g/mol. The Bertz CT molecular complexity index is 801. The van der Waals surface area contributed by atoms with Crippen LogP contribution in [0, 0.1) is 6.92 Å². The standard InChI is InChI=1S/C18H22N4S/c1-3-15(13-6-8-19-9-7-13)20-10-16-12(2)21-18-22(16)17(11-23-18)14-4-5-14/h6-9,11,14-15,20H,3-5,10H2,1-2H3. The van der Waals surface area contributed by atoms with Crippen LogP contribution in [0.25, 0.3) is 4.96 Å². The minimum absolute atomic E-state index is 0.353. The van der Waals surface area contributed by atoms with Crippen molar-refractivity contribution >= 4 is 16.3 Å². The van der Waals surface area contributed by atoms with Crippen LogP contribution in [-0.2, 0) is 6.54 Å². The van der Waals surface area contributed by atoms with Crippen molar-refractivity contribution in [1.29, 1.82) is 0 Å². The highest BCUT2D eigenvalue weighted by atomic mass is 32.1. The molecule has 23 heavy (non-hydrogen) atoms. The summed E-state index contributed by atoms with van der Waals surface area (Å²) in [7, 11) is 0. The first-order valence-corrected chi connectivity index (χ1v) is 9.24. The van der Waals surface area contributed by atoms with E-state index in [9.17, 15) is 0 Å². The molecule has 0 amide bonds. The van der Waals surface area contributed by atoms with Crippen LogP contribution in [0.3, 0.4) is 0 Å². The molecule has 5 heteroatoms. The minimum atomic E-state index is 0.353. The van der Waals surface area contributed by atoms with Crippen LogP contribution in [0.15, 0.2) is 29.9 Å². The van der Waals surface area contributed by atoms with Crippen molar-refractivity contribution in [3.63, 3.8) is 0 Å². The number of pyridine rings is 1. The Morgan fingerprint density at radius 3 is 2.83 bits per heavy atom. The number of hydrogen-bond acceptors (Lipinski definition) is 4. The third-order valence-corrected chi connectivity index (χ3v) is 5.56. The number of thiazole rings is 1. The fourth-order valence-electron chi connectivity index (χ4n) is 3.22. The lowest BCUT2D eigenvalue weighted by molar-refractivity contribution is 0.511. The molecule has 0 bridgehead atoms. The number of imidazole rings is 1. The summed E-state index contributed by atoms with van der Waals surface area (Å²) >= 11 is 1.77. The normalized spacial score (nSPS) is 16.1. The van der Waals surface area contributed by atoms with Crippen molar-refractivity contribution in [2.75, 3.05) is 0 Å². The van der Waals surface area contributed by atoms with E-state index in [1.54, 1.807) is 11.3 Å². The third-order valence-electron chi connectivity index (χ3n) is 4.71. The van der Waals surface area contributed by atoms with E-state index in [2.05, 4.69) is 46.1 Å². The zero-order valence-corrected chi connectivity index (χ0v) is 14.4. The van der Waals surface area contributed by atoms with E-state index in [0.717, 1.165) is 29.5 Å². The first-order chi connectivity index (χ1) is 11.3. The first kappa shape index (κ1) is 14.8. The first-order valence-electron chi connectivity index (χ1n) is 8.36. The number of fused-ring (bicyclic) bond motifs is 1. The van der Waals surface area contributed by atoms with E-state index < -0.39 is 0 Å². The van der Waals surface area contributed by atoms with Gasteiger partial charge in [0.2, 0.25) is 0 Å². The molecular formula is C18H22N4S. The lowest BCUT2D eigenvalue weighted by Crippen LogP contribution is -2.21. The van der Waals surface area contributed by atoms with E-state index in [1.165, 1.54) is 29.8 Å². The molecule has 0 saturated heterocycles. The van der Waals surface area contributed by atoms with Gasteiger partial charge in [-0.3, -0.25) is 9.38 Å². The summed E-state index contributed by atoms with van der Waals surface area (Å²) < 4.78 is 2.39. The Hall–Kier alpha value is -1.72. The van der Waals surface area contributed by atoms with Crippen molar-refractivity contribution in [2.24, 2.45) is 0 Å². The molecule has 1 aliphatic carbocycles. The van der Waals surface area contributed by atoms with E-state index in [0.29, 0.717) is 6.04 Å². The van der Waals surface area contributed by atoms with Gasteiger partial charge < -0.3 is 5.32 Å². The summed E-state index contributed by atoms with van der Waals surface area (Å²) in [4.78, 5) is 10.0. The van der Waals surface area contributed by atoms with Crippen LogP contribution < -0.4 is 5.32 Å². The molecule has 1 N–H and O–H groups in total. The number of nitrogens with zero attached hydrogens (tertiary/aromatic N) is 3. The summed E-state index contributed by atoms with van der Waals surface area (Å²) in [6, 6.07) is 4.55. The van der Waals surface area contributed by atoms with Crippen molar-refractivity contribution < 1.29 is 0 Å². The molecule has 0 radical (unpaired) electrons. The van der Waals surface area contributed by atoms with E-state index in [4.69, 9.17) is 4.98 Å². The SMILES string of the molecule is CCC(NCc1c(C)nc2scc(C3CC3)n12)c1ccncc1. The molecule has 3 heterocycles. The van der Waals surface area contributed by atoms with E-state index >= 15 is 0 Å². The predicted octanol–water partition coefficient (Wildman–Crippen LogP) is 4.22. The molecule has 0 aliphatic heterocycles. The molecule has 4 nitrogen and oxygen atoms in total. The smallest absolute Gasteiger partial charge is 0.194 e. The van der Waals surface area contributed by atoms with Gasteiger partial charge in [-0.25, -0.2) is 4.98 Å². The van der Waals surface area contributed by atoms with Crippen LogP contribution in [0.2, 0.25) is 0 Å².